The van der Waals surface area contributed by atoms with Crippen molar-refractivity contribution in [3.8, 4) is 0 Å². The Morgan fingerprint density at radius 2 is 2.14 bits per heavy atom. The second-order valence-electron chi connectivity index (χ2n) is 6.74. The highest BCUT2D eigenvalue weighted by molar-refractivity contribution is 7.90. The SMILES string of the molecule is CC(C)(C)[S+]([O-])NC(c1cc(C(N)=NO)cs1)C1CCCC1. The standard InChI is InChI=1S/C15H25N3O2S2/c1-15(2,3)22(20)18-13(10-6-4-5-7-10)12-8-11(9-21-12)14(16)17-19/h8-10,13,18-19H,4-7H2,1-3H3,(H2,16,17). The van der Waals surface area contributed by atoms with Crippen molar-refractivity contribution in [3.05, 3.63) is 21.9 Å². The van der Waals surface area contributed by atoms with E-state index in [0.29, 0.717) is 11.5 Å². The highest BCUT2D eigenvalue weighted by Crippen LogP contribution is 2.39. The summed E-state index contributed by atoms with van der Waals surface area (Å²) in [5.74, 6) is 0.606. The molecular formula is C15H25N3O2S2. The van der Waals surface area contributed by atoms with Crippen LogP contribution in [0, 0.1) is 5.92 Å². The number of nitrogens with one attached hydrogen (secondary N) is 1. The van der Waals surface area contributed by atoms with Crippen LogP contribution >= 0.6 is 11.3 Å². The van der Waals surface area contributed by atoms with Gasteiger partial charge in [-0.3, -0.25) is 0 Å². The van der Waals surface area contributed by atoms with E-state index in [9.17, 15) is 4.55 Å². The molecule has 0 bridgehead atoms. The maximum atomic E-state index is 12.5. The fourth-order valence-corrected chi connectivity index (χ4v) is 4.70. The summed E-state index contributed by atoms with van der Waals surface area (Å²) in [5.41, 5.74) is 6.37. The van der Waals surface area contributed by atoms with E-state index in [1.54, 1.807) is 11.3 Å². The van der Waals surface area contributed by atoms with Gasteiger partial charge in [0, 0.05) is 27.2 Å². The van der Waals surface area contributed by atoms with Crippen molar-refractivity contribution in [2.24, 2.45) is 16.8 Å². The predicted molar refractivity (Wildman–Crippen MR) is 92.6 cm³/mol. The predicted octanol–water partition coefficient (Wildman–Crippen LogP) is 3.13. The Balaban J connectivity index is 2.22. The second-order valence-corrected chi connectivity index (χ2v) is 9.68. The molecule has 0 aromatic carbocycles. The largest absolute Gasteiger partial charge is 0.598 e. The minimum Gasteiger partial charge on any atom is -0.598 e. The number of hydrogen-bond acceptors (Lipinski definition) is 5. The second kappa shape index (κ2) is 7.21. The smallest absolute Gasteiger partial charge is 0.170 e. The van der Waals surface area contributed by atoms with Crippen molar-refractivity contribution in [3.63, 3.8) is 0 Å². The lowest BCUT2D eigenvalue weighted by Gasteiger charge is -2.30. The molecule has 0 radical (unpaired) electrons. The Morgan fingerprint density at radius 1 is 1.50 bits per heavy atom. The molecule has 2 unspecified atom stereocenters. The van der Waals surface area contributed by atoms with Crippen LogP contribution in [-0.2, 0) is 11.4 Å². The molecule has 4 N–H and O–H groups in total. The first-order valence-corrected chi connectivity index (χ1v) is 9.60. The van der Waals surface area contributed by atoms with Gasteiger partial charge < -0.3 is 15.5 Å². The number of nitrogens with zero attached hydrogens (tertiary/aromatic N) is 1. The Morgan fingerprint density at radius 3 is 2.68 bits per heavy atom. The van der Waals surface area contributed by atoms with Gasteiger partial charge in [-0.05, 0) is 45.6 Å². The molecule has 0 saturated heterocycles. The van der Waals surface area contributed by atoms with E-state index in [4.69, 9.17) is 10.9 Å². The number of nitrogens with two attached hydrogens (primary N) is 1. The lowest BCUT2D eigenvalue weighted by Crippen LogP contribution is -2.42. The normalized spacial score (nSPS) is 20.3. The van der Waals surface area contributed by atoms with Crippen LogP contribution in [0.2, 0.25) is 0 Å². The molecule has 1 aliphatic rings. The molecule has 0 amide bonds. The quantitative estimate of drug-likeness (QED) is 0.252. The molecule has 2 atom stereocenters. The molecule has 0 aliphatic heterocycles. The Labute approximate surface area is 139 Å². The molecular weight excluding hydrogens is 318 g/mol. The zero-order valence-electron chi connectivity index (χ0n) is 13.3. The van der Waals surface area contributed by atoms with Gasteiger partial charge in [-0.25, -0.2) is 0 Å². The molecule has 1 aliphatic carbocycles. The van der Waals surface area contributed by atoms with Crippen LogP contribution in [0.4, 0.5) is 0 Å². The zero-order valence-corrected chi connectivity index (χ0v) is 15.0. The van der Waals surface area contributed by atoms with Crippen molar-refractivity contribution < 1.29 is 9.76 Å². The molecule has 1 fully saturated rings. The van der Waals surface area contributed by atoms with Crippen molar-refractivity contribution in [1.82, 2.24) is 4.72 Å². The van der Waals surface area contributed by atoms with Gasteiger partial charge in [-0.1, -0.05) is 18.0 Å². The topological polar surface area (TPSA) is 93.7 Å². The summed E-state index contributed by atoms with van der Waals surface area (Å²) in [6, 6.07) is 2.00. The molecule has 1 aromatic rings. The number of oxime groups is 1. The van der Waals surface area contributed by atoms with E-state index in [2.05, 4.69) is 9.88 Å². The molecule has 1 aromatic heterocycles. The highest BCUT2D eigenvalue weighted by Gasteiger charge is 2.35. The average molecular weight is 344 g/mol. The highest BCUT2D eigenvalue weighted by atomic mass is 32.2. The van der Waals surface area contributed by atoms with Gasteiger partial charge in [0.15, 0.2) is 5.84 Å². The van der Waals surface area contributed by atoms with Crippen LogP contribution in [0.1, 0.15) is 62.9 Å². The van der Waals surface area contributed by atoms with Crippen LogP contribution < -0.4 is 10.5 Å². The lowest BCUT2D eigenvalue weighted by molar-refractivity contribution is 0.318. The van der Waals surface area contributed by atoms with Crippen LogP contribution in [0.15, 0.2) is 16.6 Å². The van der Waals surface area contributed by atoms with Gasteiger partial charge in [0.25, 0.3) is 0 Å². The third kappa shape index (κ3) is 4.16. The fourth-order valence-electron chi connectivity index (χ4n) is 2.68. The molecule has 7 heteroatoms. The van der Waals surface area contributed by atoms with Gasteiger partial charge >= 0.3 is 0 Å². The molecule has 124 valence electrons. The van der Waals surface area contributed by atoms with Gasteiger partial charge in [0.1, 0.15) is 4.75 Å². The van der Waals surface area contributed by atoms with E-state index < -0.39 is 11.4 Å². The van der Waals surface area contributed by atoms with E-state index in [1.807, 2.05) is 32.2 Å². The van der Waals surface area contributed by atoms with Gasteiger partial charge in [0.2, 0.25) is 0 Å². The summed E-state index contributed by atoms with van der Waals surface area (Å²) in [7, 11) is 0. The van der Waals surface area contributed by atoms with Crippen LogP contribution in [0.3, 0.4) is 0 Å². The molecule has 2 rings (SSSR count). The van der Waals surface area contributed by atoms with Crippen molar-refractivity contribution >= 4 is 28.5 Å². The number of hydrogen-bond donors (Lipinski definition) is 3. The summed E-state index contributed by atoms with van der Waals surface area (Å²) in [5, 5.41) is 13.7. The average Bonchev–Trinajstić information content (AvgIpc) is 3.13. The zero-order chi connectivity index (χ0) is 16.3. The number of thiophene rings is 1. The van der Waals surface area contributed by atoms with Crippen molar-refractivity contribution in [2.75, 3.05) is 0 Å². The Kier molecular flexibility index (Phi) is 5.76. The van der Waals surface area contributed by atoms with Crippen molar-refractivity contribution in [1.29, 1.82) is 0 Å². The van der Waals surface area contributed by atoms with Crippen LogP contribution in [-0.4, -0.2) is 20.3 Å². The molecule has 0 spiro atoms. The summed E-state index contributed by atoms with van der Waals surface area (Å²) in [4.78, 5) is 1.10. The first-order chi connectivity index (χ1) is 10.3. The van der Waals surface area contributed by atoms with Crippen molar-refractivity contribution in [2.45, 2.75) is 57.2 Å². The molecule has 1 saturated carbocycles. The molecule has 1 heterocycles. The molecule has 5 nitrogen and oxygen atoms in total. The van der Waals surface area contributed by atoms with Crippen LogP contribution in [0.25, 0.3) is 0 Å². The van der Waals surface area contributed by atoms with E-state index in [-0.39, 0.29) is 16.6 Å². The monoisotopic (exact) mass is 343 g/mol. The Bertz CT molecular complexity index is 519. The third-order valence-corrected chi connectivity index (χ3v) is 6.59. The number of amidine groups is 1. The van der Waals surface area contributed by atoms with E-state index in [1.165, 1.54) is 12.8 Å². The minimum absolute atomic E-state index is 0.0628. The van der Waals surface area contributed by atoms with E-state index >= 15 is 0 Å². The summed E-state index contributed by atoms with van der Waals surface area (Å²) >= 11 is 0.451. The summed E-state index contributed by atoms with van der Waals surface area (Å²) in [6.45, 7) is 5.91. The van der Waals surface area contributed by atoms with E-state index in [0.717, 1.165) is 17.7 Å². The summed E-state index contributed by atoms with van der Waals surface area (Å²) in [6.07, 6.45) is 4.75. The minimum atomic E-state index is -1.12. The van der Waals surface area contributed by atoms with Gasteiger partial charge in [-0.2, -0.15) is 0 Å². The third-order valence-electron chi connectivity index (χ3n) is 3.99. The Hall–Kier alpha value is -0.760. The summed E-state index contributed by atoms with van der Waals surface area (Å²) < 4.78 is 15.5. The fraction of sp³-hybridized carbons (Fsp3) is 0.667. The first kappa shape index (κ1) is 17.6. The maximum absolute atomic E-state index is 12.5. The molecule has 22 heavy (non-hydrogen) atoms. The lowest BCUT2D eigenvalue weighted by atomic mass is 9.97. The van der Waals surface area contributed by atoms with Crippen LogP contribution in [0.5, 0.6) is 0 Å². The first-order valence-electron chi connectivity index (χ1n) is 7.57. The van der Waals surface area contributed by atoms with Gasteiger partial charge in [0.05, 0.1) is 6.04 Å². The van der Waals surface area contributed by atoms with Gasteiger partial charge in [-0.15, -0.1) is 16.1 Å². The maximum Gasteiger partial charge on any atom is 0.170 e. The number of rotatable bonds is 5.